The summed E-state index contributed by atoms with van der Waals surface area (Å²) >= 11 is 0. The van der Waals surface area contributed by atoms with Crippen LogP contribution in [0.15, 0.2) is 4.79 Å². The van der Waals surface area contributed by atoms with Crippen molar-refractivity contribution in [2.75, 3.05) is 6.54 Å². The van der Waals surface area contributed by atoms with E-state index in [-0.39, 0.29) is 5.69 Å². The zero-order valence-electron chi connectivity index (χ0n) is 9.41. The molecule has 2 fully saturated rings. The molecule has 5 nitrogen and oxygen atoms in total. The number of rotatable bonds is 3. The van der Waals surface area contributed by atoms with Crippen LogP contribution in [-0.4, -0.2) is 27.4 Å². The lowest BCUT2D eigenvalue weighted by Gasteiger charge is -2.22. The molecular weight excluding hydrogens is 204 g/mol. The maximum atomic E-state index is 11.7. The average Bonchev–Trinajstić information content (AvgIpc) is 3.07. The minimum absolute atomic E-state index is 0.0470. The number of aromatic nitrogens is 3. The van der Waals surface area contributed by atoms with Gasteiger partial charge < -0.3 is 5.32 Å². The molecule has 88 valence electrons. The first-order chi connectivity index (χ1) is 7.83. The second kappa shape index (κ2) is 4.05. The molecule has 1 aliphatic carbocycles. The zero-order chi connectivity index (χ0) is 11.0. The quantitative estimate of drug-likeness (QED) is 0.787. The maximum Gasteiger partial charge on any atom is 0.343 e. The van der Waals surface area contributed by atoms with E-state index < -0.39 is 0 Å². The molecule has 0 amide bonds. The van der Waals surface area contributed by atoms with E-state index in [0.717, 1.165) is 18.8 Å². The van der Waals surface area contributed by atoms with Crippen LogP contribution in [0, 0.1) is 0 Å². The zero-order valence-corrected chi connectivity index (χ0v) is 9.41. The molecule has 1 aliphatic heterocycles. The molecule has 5 heteroatoms. The van der Waals surface area contributed by atoms with E-state index in [1.54, 1.807) is 4.68 Å². The molecule has 0 radical (unpaired) electrons. The first-order valence-corrected chi connectivity index (χ1v) is 6.23. The van der Waals surface area contributed by atoms with Crippen molar-refractivity contribution in [3.05, 3.63) is 16.3 Å². The lowest BCUT2D eigenvalue weighted by atomic mass is 10.1. The number of hydrogen-bond donors (Lipinski definition) is 2. The van der Waals surface area contributed by atoms with E-state index in [1.807, 2.05) is 0 Å². The fraction of sp³-hybridized carbons (Fsp3) is 0.818. The minimum Gasteiger partial charge on any atom is -0.312 e. The number of nitrogens with zero attached hydrogens (tertiary/aromatic N) is 2. The van der Waals surface area contributed by atoms with Crippen molar-refractivity contribution in [3.63, 3.8) is 0 Å². The van der Waals surface area contributed by atoms with Gasteiger partial charge in [-0.3, -0.25) is 4.98 Å². The Balaban J connectivity index is 1.70. The Morgan fingerprint density at radius 2 is 2.19 bits per heavy atom. The third kappa shape index (κ3) is 2.04. The molecule has 1 aromatic heterocycles. The van der Waals surface area contributed by atoms with Gasteiger partial charge in [-0.1, -0.05) is 6.42 Å². The Hall–Kier alpha value is -1.10. The third-order valence-corrected chi connectivity index (χ3v) is 3.47. The largest absolute Gasteiger partial charge is 0.343 e. The van der Waals surface area contributed by atoms with Gasteiger partial charge in [-0.05, 0) is 32.2 Å². The van der Waals surface area contributed by atoms with E-state index in [2.05, 4.69) is 15.4 Å². The SMILES string of the molecule is O=c1[nH]c(C2CC2)nn1CC1CCCCN1. The van der Waals surface area contributed by atoms with Crippen LogP contribution in [-0.2, 0) is 6.54 Å². The summed E-state index contributed by atoms with van der Waals surface area (Å²) < 4.78 is 1.59. The van der Waals surface area contributed by atoms with Crippen molar-refractivity contribution in [1.29, 1.82) is 0 Å². The molecular formula is C11H18N4O. The van der Waals surface area contributed by atoms with Gasteiger partial charge in [-0.2, -0.15) is 5.10 Å². The summed E-state index contributed by atoms with van der Waals surface area (Å²) in [5.41, 5.74) is -0.0470. The summed E-state index contributed by atoms with van der Waals surface area (Å²) in [4.78, 5) is 14.5. The highest BCUT2D eigenvalue weighted by atomic mass is 16.1. The molecule has 16 heavy (non-hydrogen) atoms. The fourth-order valence-corrected chi connectivity index (χ4v) is 2.33. The summed E-state index contributed by atoms with van der Waals surface area (Å²) in [5.74, 6) is 1.41. The number of H-pyrrole nitrogens is 1. The molecule has 1 saturated carbocycles. The van der Waals surface area contributed by atoms with Gasteiger partial charge in [0.2, 0.25) is 0 Å². The lowest BCUT2D eigenvalue weighted by molar-refractivity contribution is 0.346. The molecule has 0 aromatic carbocycles. The van der Waals surface area contributed by atoms with Crippen molar-refractivity contribution < 1.29 is 0 Å². The Bertz CT molecular complexity index is 412. The van der Waals surface area contributed by atoms with Crippen LogP contribution in [0.2, 0.25) is 0 Å². The first-order valence-electron chi connectivity index (χ1n) is 6.23. The van der Waals surface area contributed by atoms with Gasteiger partial charge in [-0.25, -0.2) is 9.48 Å². The van der Waals surface area contributed by atoms with Gasteiger partial charge in [0.15, 0.2) is 0 Å². The Labute approximate surface area is 94.2 Å². The molecule has 1 unspecified atom stereocenters. The van der Waals surface area contributed by atoms with Crippen molar-refractivity contribution in [2.24, 2.45) is 0 Å². The Morgan fingerprint density at radius 1 is 1.31 bits per heavy atom. The molecule has 1 atom stereocenters. The summed E-state index contributed by atoms with van der Waals surface area (Å²) in [6.07, 6.45) is 6.01. The standard InChI is InChI=1S/C11H18N4O/c16-11-13-10(8-4-5-8)14-15(11)7-9-3-1-2-6-12-9/h8-9,12H,1-7H2,(H,13,14,16). The molecule has 1 saturated heterocycles. The number of nitrogens with one attached hydrogen (secondary N) is 2. The van der Waals surface area contributed by atoms with Gasteiger partial charge in [0, 0.05) is 12.0 Å². The molecule has 0 spiro atoms. The van der Waals surface area contributed by atoms with Crippen LogP contribution < -0.4 is 11.0 Å². The predicted octanol–water partition coefficient (Wildman–Crippen LogP) is 0.591. The first kappa shape index (κ1) is 10.1. The van der Waals surface area contributed by atoms with Crippen LogP contribution in [0.5, 0.6) is 0 Å². The van der Waals surface area contributed by atoms with Crippen LogP contribution in [0.25, 0.3) is 0 Å². The number of aromatic amines is 1. The van der Waals surface area contributed by atoms with Gasteiger partial charge in [-0.15, -0.1) is 0 Å². The normalized spacial score (nSPS) is 25.9. The van der Waals surface area contributed by atoms with Crippen LogP contribution in [0.1, 0.15) is 43.8 Å². The van der Waals surface area contributed by atoms with Gasteiger partial charge in [0.05, 0.1) is 6.54 Å². The van der Waals surface area contributed by atoms with Gasteiger partial charge in [0.1, 0.15) is 5.82 Å². The monoisotopic (exact) mass is 222 g/mol. The van der Waals surface area contributed by atoms with E-state index in [9.17, 15) is 4.79 Å². The minimum atomic E-state index is -0.0470. The molecule has 2 heterocycles. The molecule has 2 aliphatic rings. The molecule has 3 rings (SSSR count). The van der Waals surface area contributed by atoms with Crippen LogP contribution in [0.3, 0.4) is 0 Å². The topological polar surface area (TPSA) is 62.7 Å². The number of hydrogen-bond acceptors (Lipinski definition) is 3. The van der Waals surface area contributed by atoms with E-state index >= 15 is 0 Å². The highest BCUT2D eigenvalue weighted by Crippen LogP contribution is 2.37. The van der Waals surface area contributed by atoms with Gasteiger partial charge in [0.25, 0.3) is 0 Å². The van der Waals surface area contributed by atoms with Crippen molar-refractivity contribution >= 4 is 0 Å². The summed E-state index contributed by atoms with van der Waals surface area (Å²) in [6, 6.07) is 0.418. The van der Waals surface area contributed by atoms with Crippen LogP contribution >= 0.6 is 0 Å². The van der Waals surface area contributed by atoms with Crippen LogP contribution in [0.4, 0.5) is 0 Å². The lowest BCUT2D eigenvalue weighted by Crippen LogP contribution is -2.39. The van der Waals surface area contributed by atoms with Gasteiger partial charge >= 0.3 is 5.69 Å². The second-order valence-corrected chi connectivity index (χ2v) is 4.92. The highest BCUT2D eigenvalue weighted by Gasteiger charge is 2.28. The van der Waals surface area contributed by atoms with Crippen molar-refractivity contribution in [2.45, 2.75) is 50.6 Å². The summed E-state index contributed by atoms with van der Waals surface area (Å²) in [5, 5.41) is 7.81. The highest BCUT2D eigenvalue weighted by molar-refractivity contribution is 5.02. The van der Waals surface area contributed by atoms with E-state index in [4.69, 9.17) is 0 Å². The molecule has 0 bridgehead atoms. The average molecular weight is 222 g/mol. The second-order valence-electron chi connectivity index (χ2n) is 4.92. The van der Waals surface area contributed by atoms with Crippen molar-refractivity contribution in [1.82, 2.24) is 20.1 Å². The predicted molar refractivity (Wildman–Crippen MR) is 60.5 cm³/mol. The summed E-state index contributed by atoms with van der Waals surface area (Å²) in [7, 11) is 0. The van der Waals surface area contributed by atoms with E-state index in [1.165, 1.54) is 25.7 Å². The maximum absolute atomic E-state index is 11.7. The number of piperidine rings is 1. The Morgan fingerprint density at radius 3 is 2.88 bits per heavy atom. The van der Waals surface area contributed by atoms with Crippen molar-refractivity contribution in [3.8, 4) is 0 Å². The Kier molecular flexibility index (Phi) is 2.55. The van der Waals surface area contributed by atoms with E-state index in [0.29, 0.717) is 18.5 Å². The molecule has 2 N–H and O–H groups in total. The smallest absolute Gasteiger partial charge is 0.312 e. The summed E-state index contributed by atoms with van der Waals surface area (Å²) in [6.45, 7) is 1.78. The third-order valence-electron chi connectivity index (χ3n) is 3.47. The molecule has 1 aromatic rings. The fourth-order valence-electron chi connectivity index (χ4n) is 2.33.